The highest BCUT2D eigenvalue weighted by molar-refractivity contribution is 7.22. The van der Waals surface area contributed by atoms with Gasteiger partial charge in [-0.05, 0) is 37.1 Å². The Balaban J connectivity index is 1.48. The molecule has 3 aromatic rings. The number of carbonyl (C=O) groups is 1. The summed E-state index contributed by atoms with van der Waals surface area (Å²) in [5, 5.41) is 8.88. The smallest absolute Gasteiger partial charge is 0.269 e. The van der Waals surface area contributed by atoms with Crippen molar-refractivity contribution in [3.8, 4) is 0 Å². The minimum Gasteiger partial charge on any atom is -0.346 e. The molecule has 1 fully saturated rings. The first-order chi connectivity index (χ1) is 12.1. The van der Waals surface area contributed by atoms with Crippen LogP contribution in [0.4, 0.5) is 5.13 Å². The lowest BCUT2D eigenvalue weighted by Crippen LogP contribution is -2.48. The Kier molecular flexibility index (Phi) is 4.35. The van der Waals surface area contributed by atoms with E-state index in [1.54, 1.807) is 35.3 Å². The lowest BCUT2D eigenvalue weighted by molar-refractivity contribution is 0.0923. The van der Waals surface area contributed by atoms with Gasteiger partial charge in [0, 0.05) is 37.4 Å². The van der Waals surface area contributed by atoms with Crippen LogP contribution in [0.25, 0.3) is 10.2 Å². The molecular formula is C17H18ClN5OS. The first kappa shape index (κ1) is 16.4. The number of thiazole rings is 1. The summed E-state index contributed by atoms with van der Waals surface area (Å²) in [7, 11) is 1.77. The molecule has 0 bridgehead atoms. The minimum atomic E-state index is -0.0806. The number of anilines is 1. The largest absolute Gasteiger partial charge is 0.346 e. The maximum absolute atomic E-state index is 12.4. The van der Waals surface area contributed by atoms with E-state index in [-0.39, 0.29) is 11.9 Å². The SMILES string of the molecule is Cn1nccc1C(=O)NC1CCCN(c2nc3ccc(Cl)cc3s2)C1. The number of nitrogens with zero attached hydrogens (tertiary/aromatic N) is 4. The van der Waals surface area contributed by atoms with Gasteiger partial charge < -0.3 is 10.2 Å². The molecule has 4 rings (SSSR count). The first-order valence-corrected chi connectivity index (χ1v) is 9.39. The topological polar surface area (TPSA) is 63.1 Å². The summed E-state index contributed by atoms with van der Waals surface area (Å²) in [6.45, 7) is 1.71. The second-order valence-electron chi connectivity index (χ2n) is 6.21. The minimum absolute atomic E-state index is 0.0806. The van der Waals surface area contributed by atoms with E-state index in [1.807, 2.05) is 18.2 Å². The number of rotatable bonds is 3. The zero-order valence-electron chi connectivity index (χ0n) is 13.8. The second kappa shape index (κ2) is 6.65. The Bertz CT molecular complexity index is 921. The summed E-state index contributed by atoms with van der Waals surface area (Å²) in [5.41, 5.74) is 1.54. The molecule has 25 heavy (non-hydrogen) atoms. The number of aromatic nitrogens is 3. The zero-order chi connectivity index (χ0) is 17.4. The molecule has 130 valence electrons. The molecule has 1 atom stereocenters. The molecule has 6 nitrogen and oxygen atoms in total. The fourth-order valence-corrected chi connectivity index (χ4v) is 4.42. The summed E-state index contributed by atoms with van der Waals surface area (Å²) in [5.74, 6) is -0.0806. The highest BCUT2D eigenvalue weighted by Crippen LogP contribution is 2.32. The Morgan fingerprint density at radius 2 is 2.28 bits per heavy atom. The van der Waals surface area contributed by atoms with Crippen LogP contribution in [-0.2, 0) is 7.05 Å². The zero-order valence-corrected chi connectivity index (χ0v) is 15.3. The number of piperidine rings is 1. The van der Waals surface area contributed by atoms with Crippen molar-refractivity contribution in [3.63, 3.8) is 0 Å². The third-order valence-corrected chi connectivity index (χ3v) is 5.73. The van der Waals surface area contributed by atoms with Crippen molar-refractivity contribution in [1.82, 2.24) is 20.1 Å². The summed E-state index contributed by atoms with van der Waals surface area (Å²) < 4.78 is 2.68. The monoisotopic (exact) mass is 375 g/mol. The maximum atomic E-state index is 12.4. The number of benzene rings is 1. The molecular weight excluding hydrogens is 358 g/mol. The van der Waals surface area contributed by atoms with Gasteiger partial charge in [-0.2, -0.15) is 5.10 Å². The van der Waals surface area contributed by atoms with E-state index in [0.717, 1.165) is 46.3 Å². The fraction of sp³-hybridized carbons (Fsp3) is 0.353. The number of amides is 1. The molecule has 0 aliphatic carbocycles. The fourth-order valence-electron chi connectivity index (χ4n) is 3.15. The van der Waals surface area contributed by atoms with Crippen LogP contribution in [0.1, 0.15) is 23.3 Å². The van der Waals surface area contributed by atoms with Gasteiger partial charge in [0.25, 0.3) is 5.91 Å². The molecule has 0 saturated carbocycles. The molecule has 1 unspecified atom stereocenters. The van der Waals surface area contributed by atoms with Crippen molar-refractivity contribution in [2.75, 3.05) is 18.0 Å². The van der Waals surface area contributed by atoms with Crippen LogP contribution in [-0.4, -0.2) is 39.8 Å². The number of aryl methyl sites for hydroxylation is 1. The third kappa shape index (κ3) is 3.34. The first-order valence-electron chi connectivity index (χ1n) is 8.20. The molecule has 2 aromatic heterocycles. The summed E-state index contributed by atoms with van der Waals surface area (Å²) in [4.78, 5) is 19.4. The number of hydrogen-bond donors (Lipinski definition) is 1. The van der Waals surface area contributed by atoms with Gasteiger partial charge in [-0.15, -0.1) is 0 Å². The predicted octanol–water partition coefficient (Wildman–Crippen LogP) is 3.08. The van der Waals surface area contributed by atoms with Gasteiger partial charge in [0.1, 0.15) is 5.69 Å². The van der Waals surface area contributed by atoms with E-state index in [9.17, 15) is 4.79 Å². The lowest BCUT2D eigenvalue weighted by Gasteiger charge is -2.32. The number of carbonyl (C=O) groups excluding carboxylic acids is 1. The third-order valence-electron chi connectivity index (χ3n) is 4.42. The van der Waals surface area contributed by atoms with Gasteiger partial charge in [0.15, 0.2) is 5.13 Å². The van der Waals surface area contributed by atoms with E-state index >= 15 is 0 Å². The van der Waals surface area contributed by atoms with Gasteiger partial charge in [-0.1, -0.05) is 22.9 Å². The Hall–Kier alpha value is -2.12. The molecule has 1 aliphatic heterocycles. The highest BCUT2D eigenvalue weighted by Gasteiger charge is 2.24. The quantitative estimate of drug-likeness (QED) is 0.764. The van der Waals surface area contributed by atoms with Crippen molar-refractivity contribution >= 4 is 44.2 Å². The Labute approximate surface area is 154 Å². The average Bonchev–Trinajstić information content (AvgIpc) is 3.20. The number of halogens is 1. The van der Waals surface area contributed by atoms with Crippen LogP contribution >= 0.6 is 22.9 Å². The summed E-state index contributed by atoms with van der Waals surface area (Å²) in [6, 6.07) is 7.59. The average molecular weight is 376 g/mol. The normalized spacial score (nSPS) is 17.8. The van der Waals surface area contributed by atoms with E-state index < -0.39 is 0 Å². The molecule has 0 spiro atoms. The van der Waals surface area contributed by atoms with Crippen molar-refractivity contribution in [2.45, 2.75) is 18.9 Å². The van der Waals surface area contributed by atoms with Crippen molar-refractivity contribution < 1.29 is 4.79 Å². The molecule has 1 N–H and O–H groups in total. The number of fused-ring (bicyclic) bond motifs is 1. The molecule has 1 saturated heterocycles. The van der Waals surface area contributed by atoms with Crippen molar-refractivity contribution in [2.24, 2.45) is 7.05 Å². The molecule has 3 heterocycles. The van der Waals surface area contributed by atoms with Crippen LogP contribution in [0.15, 0.2) is 30.5 Å². The predicted molar refractivity (Wildman–Crippen MR) is 101 cm³/mol. The number of hydrogen-bond acceptors (Lipinski definition) is 5. The van der Waals surface area contributed by atoms with Crippen LogP contribution in [0.2, 0.25) is 5.02 Å². The molecule has 1 amide bonds. The molecule has 8 heteroatoms. The molecule has 1 aromatic carbocycles. The maximum Gasteiger partial charge on any atom is 0.269 e. The van der Waals surface area contributed by atoms with E-state index in [0.29, 0.717) is 5.69 Å². The van der Waals surface area contributed by atoms with E-state index in [4.69, 9.17) is 16.6 Å². The van der Waals surface area contributed by atoms with Crippen LogP contribution in [0, 0.1) is 0 Å². The standard InChI is InChI=1S/C17H18ClN5OS/c1-22-14(6-7-19-22)16(24)20-12-3-2-8-23(10-12)17-21-13-5-4-11(18)9-15(13)25-17/h4-7,9,12H,2-3,8,10H2,1H3,(H,20,24). The van der Waals surface area contributed by atoms with Gasteiger partial charge in [-0.25, -0.2) is 4.98 Å². The van der Waals surface area contributed by atoms with Crippen LogP contribution in [0.3, 0.4) is 0 Å². The van der Waals surface area contributed by atoms with E-state index in [1.165, 1.54) is 0 Å². The number of nitrogens with one attached hydrogen (secondary N) is 1. The van der Waals surface area contributed by atoms with Crippen molar-refractivity contribution in [3.05, 3.63) is 41.2 Å². The molecule has 1 aliphatic rings. The highest BCUT2D eigenvalue weighted by atomic mass is 35.5. The van der Waals surface area contributed by atoms with Crippen LogP contribution in [0.5, 0.6) is 0 Å². The summed E-state index contributed by atoms with van der Waals surface area (Å²) in [6.07, 6.45) is 3.62. The van der Waals surface area contributed by atoms with Crippen LogP contribution < -0.4 is 10.2 Å². The van der Waals surface area contributed by atoms with E-state index in [2.05, 4.69) is 15.3 Å². The second-order valence-corrected chi connectivity index (χ2v) is 7.65. The Morgan fingerprint density at radius 1 is 1.40 bits per heavy atom. The molecule has 0 radical (unpaired) electrons. The van der Waals surface area contributed by atoms with Gasteiger partial charge in [0.05, 0.1) is 10.2 Å². The van der Waals surface area contributed by atoms with Crippen molar-refractivity contribution in [1.29, 1.82) is 0 Å². The summed E-state index contributed by atoms with van der Waals surface area (Å²) >= 11 is 7.71. The van der Waals surface area contributed by atoms with Gasteiger partial charge in [-0.3, -0.25) is 9.48 Å². The lowest BCUT2D eigenvalue weighted by atomic mass is 10.1. The Morgan fingerprint density at radius 3 is 3.08 bits per heavy atom. The van der Waals surface area contributed by atoms with Gasteiger partial charge in [0.2, 0.25) is 0 Å². The van der Waals surface area contributed by atoms with Gasteiger partial charge >= 0.3 is 0 Å².